The average Bonchev–Trinajstić information content (AvgIpc) is 2.13. The van der Waals surface area contributed by atoms with Crippen molar-refractivity contribution in [2.45, 2.75) is 12.5 Å². The minimum atomic E-state index is -1.58. The maximum atomic E-state index is 12.7. The molecule has 0 amide bonds. The van der Waals surface area contributed by atoms with Crippen molar-refractivity contribution in [2.24, 2.45) is 0 Å². The van der Waals surface area contributed by atoms with E-state index >= 15 is 0 Å². The van der Waals surface area contributed by atoms with Crippen molar-refractivity contribution in [3.8, 4) is 0 Å². The molecule has 0 saturated carbocycles. The summed E-state index contributed by atoms with van der Waals surface area (Å²) < 4.78 is 37.9. The van der Waals surface area contributed by atoms with Gasteiger partial charge in [0.1, 0.15) is 6.04 Å². The first-order valence-electron chi connectivity index (χ1n) is 4.09. The van der Waals surface area contributed by atoms with Gasteiger partial charge in [0.15, 0.2) is 17.5 Å². The lowest BCUT2D eigenvalue weighted by Gasteiger charge is -2.09. The predicted molar refractivity (Wildman–Crippen MR) is 41.7 cm³/mol. The Balaban J connectivity index is 2.92. The first-order valence-corrected chi connectivity index (χ1v) is 4.09. The van der Waals surface area contributed by atoms with Gasteiger partial charge in [-0.25, -0.2) is 13.2 Å². The Morgan fingerprint density at radius 2 is 1.80 bits per heavy atom. The van der Waals surface area contributed by atoms with Crippen molar-refractivity contribution in [3.63, 3.8) is 0 Å². The van der Waals surface area contributed by atoms with Crippen LogP contribution in [0.5, 0.6) is 0 Å². The molecule has 82 valence electrons. The van der Waals surface area contributed by atoms with Crippen LogP contribution >= 0.6 is 0 Å². The van der Waals surface area contributed by atoms with Crippen molar-refractivity contribution >= 4 is 5.97 Å². The topological polar surface area (TPSA) is 67.8 Å². The minimum Gasteiger partial charge on any atom is -0.544 e. The fourth-order valence-corrected chi connectivity index (χ4v) is 1.09. The highest BCUT2D eigenvalue weighted by molar-refractivity contribution is 5.69. The van der Waals surface area contributed by atoms with E-state index in [4.69, 9.17) is 0 Å². The largest absolute Gasteiger partial charge is 0.544 e. The first-order chi connectivity index (χ1) is 6.91. The molecule has 0 aliphatic carbocycles. The Bertz CT molecular complexity index is 372. The van der Waals surface area contributed by atoms with Crippen molar-refractivity contribution in [2.75, 3.05) is 0 Å². The van der Waals surface area contributed by atoms with Crippen molar-refractivity contribution in [1.82, 2.24) is 0 Å². The lowest BCUT2D eigenvalue weighted by atomic mass is 10.1. The van der Waals surface area contributed by atoms with Gasteiger partial charge in [-0.05, 0) is 17.7 Å². The molecular formula is C9H8F3NO2. The van der Waals surface area contributed by atoms with Gasteiger partial charge in [-0.2, -0.15) is 0 Å². The molecular weight excluding hydrogens is 211 g/mol. The summed E-state index contributed by atoms with van der Waals surface area (Å²) in [6.45, 7) is 0. The third kappa shape index (κ3) is 2.69. The molecule has 0 fully saturated rings. The molecule has 0 heterocycles. The molecule has 6 heteroatoms. The lowest BCUT2D eigenvalue weighted by Crippen LogP contribution is -2.69. The van der Waals surface area contributed by atoms with Gasteiger partial charge < -0.3 is 15.6 Å². The summed E-state index contributed by atoms with van der Waals surface area (Å²) in [5.74, 6) is -5.71. The van der Waals surface area contributed by atoms with Crippen LogP contribution in [-0.4, -0.2) is 12.0 Å². The number of carboxylic acid groups (broad SMARTS) is 1. The fraction of sp³-hybridized carbons (Fsp3) is 0.222. The molecule has 1 rings (SSSR count). The molecule has 0 radical (unpaired) electrons. The van der Waals surface area contributed by atoms with E-state index in [1.165, 1.54) is 0 Å². The SMILES string of the molecule is [NH3+][C@@H](Cc1cc(F)c(F)c(F)c1)C(=O)[O-]. The number of carbonyl (C=O) groups is 1. The van der Waals surface area contributed by atoms with Gasteiger partial charge in [-0.15, -0.1) is 0 Å². The summed E-state index contributed by atoms with van der Waals surface area (Å²) in [5.41, 5.74) is 3.24. The average molecular weight is 219 g/mol. The smallest absolute Gasteiger partial charge is 0.194 e. The Morgan fingerprint density at radius 3 is 2.20 bits per heavy atom. The third-order valence-corrected chi connectivity index (χ3v) is 1.86. The van der Waals surface area contributed by atoms with E-state index in [0.29, 0.717) is 0 Å². The summed E-state index contributed by atoms with van der Waals surface area (Å²) in [4.78, 5) is 10.3. The quantitative estimate of drug-likeness (QED) is 0.663. The van der Waals surface area contributed by atoms with Gasteiger partial charge in [-0.1, -0.05) is 0 Å². The molecule has 1 aromatic carbocycles. The first kappa shape index (κ1) is 11.5. The standard InChI is InChI=1S/C9H8F3NO2/c10-5-1-4(2-6(11)8(5)12)3-7(13)9(14)15/h1-2,7H,3,13H2,(H,14,15)/t7-/m0/s1. The molecule has 0 spiro atoms. The number of hydrogen-bond acceptors (Lipinski definition) is 2. The molecule has 0 unspecified atom stereocenters. The van der Waals surface area contributed by atoms with Crippen molar-refractivity contribution < 1.29 is 28.8 Å². The van der Waals surface area contributed by atoms with Gasteiger partial charge in [0, 0.05) is 6.42 Å². The predicted octanol–water partition coefficient (Wildman–Crippen LogP) is -0.993. The molecule has 0 aromatic heterocycles. The molecule has 0 saturated heterocycles. The van der Waals surface area contributed by atoms with Gasteiger partial charge in [0.05, 0.1) is 5.97 Å². The summed E-state index contributed by atoms with van der Waals surface area (Å²) in [7, 11) is 0. The molecule has 1 aromatic rings. The number of hydrogen-bond donors (Lipinski definition) is 1. The summed E-state index contributed by atoms with van der Waals surface area (Å²) in [6.07, 6.45) is -0.212. The zero-order chi connectivity index (χ0) is 11.6. The second-order valence-corrected chi connectivity index (χ2v) is 3.09. The van der Waals surface area contributed by atoms with Crippen LogP contribution < -0.4 is 10.8 Å². The molecule has 0 bridgehead atoms. The number of rotatable bonds is 3. The Morgan fingerprint density at radius 1 is 1.33 bits per heavy atom. The van der Waals surface area contributed by atoms with Crippen LogP contribution in [0.15, 0.2) is 12.1 Å². The summed E-state index contributed by atoms with van der Waals surface area (Å²) in [6, 6.07) is 0.341. The molecule has 3 nitrogen and oxygen atoms in total. The second-order valence-electron chi connectivity index (χ2n) is 3.09. The third-order valence-electron chi connectivity index (χ3n) is 1.86. The molecule has 3 N–H and O–H groups in total. The second kappa shape index (κ2) is 4.31. The maximum Gasteiger partial charge on any atom is 0.194 e. The Labute approximate surface area is 83.3 Å². The number of quaternary nitrogens is 1. The zero-order valence-corrected chi connectivity index (χ0v) is 7.60. The summed E-state index contributed by atoms with van der Waals surface area (Å²) >= 11 is 0. The monoisotopic (exact) mass is 219 g/mol. The van der Waals surface area contributed by atoms with Crippen LogP contribution in [0.4, 0.5) is 13.2 Å². The van der Waals surface area contributed by atoms with E-state index in [0.717, 1.165) is 12.1 Å². The van der Waals surface area contributed by atoms with Crippen LogP contribution in [0.25, 0.3) is 0 Å². The highest BCUT2D eigenvalue weighted by Crippen LogP contribution is 2.14. The molecule has 1 atom stereocenters. The van der Waals surface area contributed by atoms with Gasteiger partial charge in [0.2, 0.25) is 0 Å². The number of halogens is 3. The number of benzene rings is 1. The van der Waals surface area contributed by atoms with Crippen LogP contribution in [0.1, 0.15) is 5.56 Å². The van der Waals surface area contributed by atoms with E-state index in [1.54, 1.807) is 0 Å². The molecule has 0 aliphatic rings. The van der Waals surface area contributed by atoms with E-state index in [2.05, 4.69) is 5.73 Å². The van der Waals surface area contributed by atoms with E-state index in [9.17, 15) is 23.1 Å². The van der Waals surface area contributed by atoms with E-state index in [1.807, 2.05) is 0 Å². The minimum absolute atomic E-state index is 0.0237. The van der Waals surface area contributed by atoms with Gasteiger partial charge in [0.25, 0.3) is 0 Å². The van der Waals surface area contributed by atoms with Crippen LogP contribution in [-0.2, 0) is 11.2 Å². The Hall–Kier alpha value is -1.56. The Kier molecular flexibility index (Phi) is 3.31. The van der Waals surface area contributed by atoms with Crippen LogP contribution in [0.2, 0.25) is 0 Å². The van der Waals surface area contributed by atoms with Crippen LogP contribution in [0.3, 0.4) is 0 Å². The highest BCUT2D eigenvalue weighted by atomic mass is 19.2. The van der Waals surface area contributed by atoms with Crippen molar-refractivity contribution in [3.05, 3.63) is 35.1 Å². The van der Waals surface area contributed by atoms with Crippen LogP contribution in [0, 0.1) is 17.5 Å². The fourth-order valence-electron chi connectivity index (χ4n) is 1.09. The number of aliphatic carboxylic acids is 1. The van der Waals surface area contributed by atoms with Gasteiger partial charge in [-0.3, -0.25) is 0 Å². The number of carboxylic acids is 1. The van der Waals surface area contributed by atoms with Gasteiger partial charge >= 0.3 is 0 Å². The van der Waals surface area contributed by atoms with E-state index < -0.39 is 29.5 Å². The zero-order valence-electron chi connectivity index (χ0n) is 7.60. The lowest BCUT2D eigenvalue weighted by molar-refractivity contribution is -0.437. The van der Waals surface area contributed by atoms with E-state index in [-0.39, 0.29) is 12.0 Å². The molecule has 0 aliphatic heterocycles. The normalized spacial score (nSPS) is 12.5. The molecule has 15 heavy (non-hydrogen) atoms. The summed E-state index contributed by atoms with van der Waals surface area (Å²) in [5, 5.41) is 10.3. The maximum absolute atomic E-state index is 12.7. The number of carbonyl (C=O) groups excluding carboxylic acids is 1. The highest BCUT2D eigenvalue weighted by Gasteiger charge is 2.14. The van der Waals surface area contributed by atoms with Crippen molar-refractivity contribution in [1.29, 1.82) is 0 Å².